The first-order valence-corrected chi connectivity index (χ1v) is 10.7. The van der Waals surface area contributed by atoms with Gasteiger partial charge in [0.1, 0.15) is 5.75 Å². The van der Waals surface area contributed by atoms with E-state index >= 15 is 0 Å². The first-order valence-electron chi connectivity index (χ1n) is 9.81. The molecule has 4 nitrogen and oxygen atoms in total. The number of rotatable bonds is 8. The zero-order valence-electron chi connectivity index (χ0n) is 16.4. The molecule has 0 unspecified atom stereocenters. The van der Waals surface area contributed by atoms with Gasteiger partial charge in [0.15, 0.2) is 0 Å². The quantitative estimate of drug-likeness (QED) is 0.398. The zero-order chi connectivity index (χ0) is 20.6. The van der Waals surface area contributed by atoms with Gasteiger partial charge in [-0.2, -0.15) is 0 Å². The Morgan fingerprint density at radius 3 is 2.10 bits per heavy atom. The summed E-state index contributed by atoms with van der Waals surface area (Å²) in [7, 11) is 0. The molecule has 0 saturated heterocycles. The largest absolute Gasteiger partial charge is 0.431 e. The fraction of sp³-hybridized carbons (Fsp3) is 0.120. The molecule has 0 aliphatic heterocycles. The average Bonchev–Trinajstić information content (AvgIpc) is 3.31. The van der Waals surface area contributed by atoms with E-state index in [1.807, 2.05) is 66.0 Å². The summed E-state index contributed by atoms with van der Waals surface area (Å²) in [5.41, 5.74) is 3.30. The number of nitrogens with zero attached hydrogens (tertiary/aromatic N) is 1. The predicted octanol–water partition coefficient (Wildman–Crippen LogP) is 5.77. The van der Waals surface area contributed by atoms with Crippen LogP contribution in [0, 0.1) is 0 Å². The summed E-state index contributed by atoms with van der Waals surface area (Å²) in [4.78, 5) is 16.8. The molecule has 4 rings (SSSR count). The van der Waals surface area contributed by atoms with E-state index in [4.69, 9.17) is 4.74 Å². The molecular weight excluding hydrogens is 392 g/mol. The van der Waals surface area contributed by atoms with Crippen molar-refractivity contribution in [1.82, 2.24) is 10.3 Å². The molecule has 0 bridgehead atoms. The summed E-state index contributed by atoms with van der Waals surface area (Å²) in [5, 5.41) is 5.53. The van der Waals surface area contributed by atoms with Crippen LogP contribution in [-0.4, -0.2) is 10.9 Å². The van der Waals surface area contributed by atoms with Gasteiger partial charge in [0.25, 0.3) is 5.19 Å². The van der Waals surface area contributed by atoms with Crippen molar-refractivity contribution in [2.24, 2.45) is 0 Å². The summed E-state index contributed by atoms with van der Waals surface area (Å²) in [6.45, 7) is 0.479. The topological polar surface area (TPSA) is 51.2 Å². The number of amides is 1. The molecule has 0 spiro atoms. The number of thiazole rings is 1. The van der Waals surface area contributed by atoms with Crippen molar-refractivity contribution in [2.75, 3.05) is 0 Å². The van der Waals surface area contributed by atoms with E-state index in [1.165, 1.54) is 11.3 Å². The fourth-order valence-corrected chi connectivity index (χ4v) is 3.80. The smallest absolute Gasteiger partial charge is 0.278 e. The molecule has 0 aliphatic rings. The van der Waals surface area contributed by atoms with Crippen LogP contribution in [0.4, 0.5) is 0 Å². The van der Waals surface area contributed by atoms with Crippen molar-refractivity contribution in [2.45, 2.75) is 18.9 Å². The molecule has 5 heteroatoms. The van der Waals surface area contributed by atoms with Gasteiger partial charge >= 0.3 is 0 Å². The van der Waals surface area contributed by atoms with Crippen LogP contribution in [0.5, 0.6) is 10.9 Å². The van der Waals surface area contributed by atoms with Gasteiger partial charge < -0.3 is 10.1 Å². The molecule has 0 saturated carbocycles. The predicted molar refractivity (Wildman–Crippen MR) is 120 cm³/mol. The number of carbonyl (C=O) groups excluding carboxylic acids is 1. The van der Waals surface area contributed by atoms with Gasteiger partial charge in [-0.25, -0.2) is 4.98 Å². The molecule has 150 valence electrons. The molecule has 0 atom stereocenters. The molecule has 30 heavy (non-hydrogen) atoms. The van der Waals surface area contributed by atoms with Gasteiger partial charge in [0.05, 0.1) is 0 Å². The average molecular weight is 415 g/mol. The highest BCUT2D eigenvalue weighted by molar-refractivity contribution is 7.11. The van der Waals surface area contributed by atoms with E-state index < -0.39 is 0 Å². The van der Waals surface area contributed by atoms with Gasteiger partial charge in [0, 0.05) is 30.5 Å². The van der Waals surface area contributed by atoms with Gasteiger partial charge in [-0.1, -0.05) is 84.1 Å². The summed E-state index contributed by atoms with van der Waals surface area (Å²) in [6.07, 6.45) is 2.11. The minimum atomic E-state index is 0.0239. The van der Waals surface area contributed by atoms with Crippen LogP contribution < -0.4 is 10.1 Å². The normalized spacial score (nSPS) is 10.7. The highest BCUT2D eigenvalue weighted by Crippen LogP contribution is 2.28. The number of benzene rings is 3. The maximum atomic E-state index is 12.7. The standard InChI is InChI=1S/C25H22N2O2S/c28-24(17-23(20-7-3-1-4-8-20)21-9-5-2-6-10-21)27-18-19-11-13-22(14-12-19)29-25-26-15-16-30-25/h1-16,23H,17-18H2,(H,27,28). The lowest BCUT2D eigenvalue weighted by atomic mass is 9.88. The van der Waals surface area contributed by atoms with Gasteiger partial charge in [-0.3, -0.25) is 4.79 Å². The molecule has 0 radical (unpaired) electrons. The van der Waals surface area contributed by atoms with Crippen LogP contribution in [0.25, 0.3) is 0 Å². The van der Waals surface area contributed by atoms with E-state index in [0.29, 0.717) is 18.2 Å². The number of hydrogen-bond donors (Lipinski definition) is 1. The minimum absolute atomic E-state index is 0.0239. The van der Waals surface area contributed by atoms with Crippen LogP contribution in [-0.2, 0) is 11.3 Å². The summed E-state index contributed by atoms with van der Waals surface area (Å²) < 4.78 is 5.67. The number of nitrogens with one attached hydrogen (secondary N) is 1. The van der Waals surface area contributed by atoms with E-state index in [1.54, 1.807) is 6.20 Å². The lowest BCUT2D eigenvalue weighted by molar-refractivity contribution is -0.121. The molecule has 1 N–H and O–H groups in total. The second kappa shape index (κ2) is 9.85. The van der Waals surface area contributed by atoms with Crippen LogP contribution in [0.1, 0.15) is 29.0 Å². The van der Waals surface area contributed by atoms with Crippen molar-refractivity contribution in [3.05, 3.63) is 113 Å². The van der Waals surface area contributed by atoms with Crippen molar-refractivity contribution in [1.29, 1.82) is 0 Å². The molecule has 1 heterocycles. The SMILES string of the molecule is O=C(CC(c1ccccc1)c1ccccc1)NCc1ccc(Oc2nccs2)cc1. The first-order chi connectivity index (χ1) is 14.8. The van der Waals surface area contributed by atoms with Gasteiger partial charge in [-0.15, -0.1) is 0 Å². The van der Waals surface area contributed by atoms with Crippen LogP contribution >= 0.6 is 11.3 Å². The Labute approximate surface area is 180 Å². The zero-order valence-corrected chi connectivity index (χ0v) is 17.2. The second-order valence-electron chi connectivity index (χ2n) is 6.90. The van der Waals surface area contributed by atoms with Crippen molar-refractivity contribution in [3.8, 4) is 10.9 Å². The molecule has 0 fully saturated rings. The van der Waals surface area contributed by atoms with Crippen LogP contribution in [0.3, 0.4) is 0 Å². The van der Waals surface area contributed by atoms with Crippen molar-refractivity contribution in [3.63, 3.8) is 0 Å². The fourth-order valence-electron chi connectivity index (χ4n) is 3.29. The summed E-state index contributed by atoms with van der Waals surface area (Å²) in [5.74, 6) is 0.783. The minimum Gasteiger partial charge on any atom is -0.431 e. The maximum absolute atomic E-state index is 12.7. The molecule has 4 aromatic rings. The molecule has 0 aliphatic carbocycles. The Hall–Kier alpha value is -3.44. The van der Waals surface area contributed by atoms with E-state index in [2.05, 4.69) is 34.6 Å². The van der Waals surface area contributed by atoms with Crippen molar-refractivity contribution < 1.29 is 9.53 Å². The molecule has 3 aromatic carbocycles. The first kappa shape index (κ1) is 19.9. The second-order valence-corrected chi connectivity index (χ2v) is 7.76. The molecule has 1 aromatic heterocycles. The van der Waals surface area contributed by atoms with E-state index in [0.717, 1.165) is 22.4 Å². The number of aromatic nitrogens is 1. The Kier molecular flexibility index (Phi) is 6.52. The lowest BCUT2D eigenvalue weighted by Gasteiger charge is -2.18. The molecule has 1 amide bonds. The Bertz CT molecular complexity index is 1010. The van der Waals surface area contributed by atoms with E-state index in [-0.39, 0.29) is 11.8 Å². The third-order valence-corrected chi connectivity index (χ3v) is 5.47. The Balaban J connectivity index is 1.37. The van der Waals surface area contributed by atoms with Crippen molar-refractivity contribution >= 4 is 17.2 Å². The summed E-state index contributed by atoms with van der Waals surface area (Å²) >= 11 is 1.45. The molecular formula is C25H22N2O2S. The summed E-state index contributed by atoms with van der Waals surface area (Å²) in [6, 6.07) is 28.0. The highest BCUT2D eigenvalue weighted by Gasteiger charge is 2.17. The van der Waals surface area contributed by atoms with Gasteiger partial charge in [-0.05, 0) is 28.8 Å². The monoisotopic (exact) mass is 414 g/mol. The Morgan fingerprint density at radius 2 is 1.53 bits per heavy atom. The number of ether oxygens (including phenoxy) is 1. The maximum Gasteiger partial charge on any atom is 0.278 e. The third-order valence-electron chi connectivity index (χ3n) is 4.82. The Morgan fingerprint density at radius 1 is 0.900 bits per heavy atom. The number of carbonyl (C=O) groups is 1. The van der Waals surface area contributed by atoms with Gasteiger partial charge in [0.2, 0.25) is 5.91 Å². The highest BCUT2D eigenvalue weighted by atomic mass is 32.1. The lowest BCUT2D eigenvalue weighted by Crippen LogP contribution is -2.25. The third kappa shape index (κ3) is 5.33. The van der Waals surface area contributed by atoms with Crippen LogP contribution in [0.15, 0.2) is 96.5 Å². The van der Waals surface area contributed by atoms with Crippen LogP contribution in [0.2, 0.25) is 0 Å². The van der Waals surface area contributed by atoms with E-state index in [9.17, 15) is 4.79 Å². The number of hydrogen-bond acceptors (Lipinski definition) is 4.